The fraction of sp³-hybridized carbons (Fsp3) is 0.500. The first-order valence-corrected chi connectivity index (χ1v) is 6.45. The molecule has 0 amide bonds. The van der Waals surface area contributed by atoms with E-state index in [0.29, 0.717) is 5.02 Å². The lowest BCUT2D eigenvalue weighted by Crippen LogP contribution is -2.38. The van der Waals surface area contributed by atoms with E-state index in [0.717, 1.165) is 22.2 Å². The van der Waals surface area contributed by atoms with Crippen molar-refractivity contribution in [2.75, 3.05) is 7.05 Å². The average Bonchev–Trinajstić information content (AvgIpc) is 2.18. The molecule has 1 aliphatic heterocycles. The lowest BCUT2D eigenvalue weighted by atomic mass is 9.90. The molecular weight excluding hydrogens is 289 g/mol. The highest BCUT2D eigenvalue weighted by Gasteiger charge is 2.34. The molecule has 1 aromatic rings. The van der Waals surface area contributed by atoms with Gasteiger partial charge in [0.2, 0.25) is 0 Å². The van der Waals surface area contributed by atoms with Crippen molar-refractivity contribution >= 4 is 27.5 Å². The summed E-state index contributed by atoms with van der Waals surface area (Å²) in [6.07, 6.45) is 0.934. The molecule has 4 heteroatoms. The van der Waals surface area contributed by atoms with Crippen LogP contribution in [0.3, 0.4) is 0 Å². The van der Waals surface area contributed by atoms with Gasteiger partial charge in [-0.25, -0.2) is 0 Å². The first-order valence-electron chi connectivity index (χ1n) is 5.28. The van der Waals surface area contributed by atoms with Crippen molar-refractivity contribution in [3.8, 4) is 5.75 Å². The third-order valence-electron chi connectivity index (χ3n) is 2.84. The number of fused-ring (bicyclic) bond motifs is 1. The van der Waals surface area contributed by atoms with E-state index in [1.165, 1.54) is 0 Å². The molecule has 0 aromatic heterocycles. The highest BCUT2D eigenvalue weighted by Crippen LogP contribution is 2.44. The van der Waals surface area contributed by atoms with Crippen LogP contribution in [0, 0.1) is 0 Å². The van der Waals surface area contributed by atoms with Crippen LogP contribution < -0.4 is 10.1 Å². The zero-order valence-corrected chi connectivity index (χ0v) is 11.9. The van der Waals surface area contributed by atoms with Crippen LogP contribution in [0.15, 0.2) is 16.6 Å². The van der Waals surface area contributed by atoms with Crippen molar-refractivity contribution in [2.45, 2.75) is 31.9 Å². The highest BCUT2D eigenvalue weighted by molar-refractivity contribution is 9.10. The Labute approximate surface area is 109 Å². The third kappa shape index (κ3) is 2.22. The molecule has 1 unspecified atom stereocenters. The molecule has 0 aliphatic carbocycles. The van der Waals surface area contributed by atoms with E-state index in [2.05, 4.69) is 41.2 Å². The Morgan fingerprint density at radius 2 is 2.19 bits per heavy atom. The zero-order chi connectivity index (χ0) is 11.9. The summed E-state index contributed by atoms with van der Waals surface area (Å²) in [5, 5.41) is 3.97. The number of halogens is 2. The molecule has 1 aliphatic rings. The molecule has 1 atom stereocenters. The molecular formula is C12H15BrClNO. The lowest BCUT2D eigenvalue weighted by Gasteiger charge is -2.38. The van der Waals surface area contributed by atoms with Crippen LogP contribution in [0.4, 0.5) is 0 Å². The molecule has 2 rings (SSSR count). The smallest absolute Gasteiger partial charge is 0.143 e. The first kappa shape index (κ1) is 12.2. The summed E-state index contributed by atoms with van der Waals surface area (Å²) in [4.78, 5) is 0. The molecule has 16 heavy (non-hydrogen) atoms. The number of nitrogens with one attached hydrogen (secondary N) is 1. The van der Waals surface area contributed by atoms with Gasteiger partial charge in [-0.3, -0.25) is 0 Å². The average molecular weight is 305 g/mol. The molecule has 1 aromatic carbocycles. The van der Waals surface area contributed by atoms with E-state index in [-0.39, 0.29) is 11.6 Å². The Hall–Kier alpha value is -0.250. The van der Waals surface area contributed by atoms with Crippen LogP contribution in [-0.2, 0) is 0 Å². The summed E-state index contributed by atoms with van der Waals surface area (Å²) in [6.45, 7) is 4.16. The van der Waals surface area contributed by atoms with Crippen molar-refractivity contribution in [3.63, 3.8) is 0 Å². The number of hydrogen-bond acceptors (Lipinski definition) is 2. The zero-order valence-electron chi connectivity index (χ0n) is 9.60. The largest absolute Gasteiger partial charge is 0.486 e. The van der Waals surface area contributed by atoms with Crippen LogP contribution in [0.2, 0.25) is 5.02 Å². The Morgan fingerprint density at radius 1 is 1.50 bits per heavy atom. The predicted molar refractivity (Wildman–Crippen MR) is 70.3 cm³/mol. The Bertz CT molecular complexity index is 420. The van der Waals surface area contributed by atoms with E-state index in [1.807, 2.05) is 13.1 Å². The normalized spacial score (nSPS) is 22.4. The van der Waals surface area contributed by atoms with Crippen LogP contribution in [0.1, 0.15) is 31.9 Å². The number of benzene rings is 1. The van der Waals surface area contributed by atoms with Gasteiger partial charge in [0, 0.05) is 22.5 Å². The molecule has 1 N–H and O–H groups in total. The van der Waals surface area contributed by atoms with Crippen molar-refractivity contribution < 1.29 is 4.74 Å². The lowest BCUT2D eigenvalue weighted by molar-refractivity contribution is 0.0676. The standard InChI is InChI=1S/C12H15BrClNO/c1-12(2)6-10(15-3)8-4-7(13)5-9(14)11(8)16-12/h4-5,10,15H,6H2,1-3H3. The Kier molecular flexibility index (Phi) is 3.21. The van der Waals surface area contributed by atoms with E-state index < -0.39 is 0 Å². The number of ether oxygens (including phenoxy) is 1. The number of rotatable bonds is 1. The van der Waals surface area contributed by atoms with E-state index in [1.54, 1.807) is 0 Å². The Morgan fingerprint density at radius 3 is 2.81 bits per heavy atom. The maximum atomic E-state index is 6.21. The molecule has 1 heterocycles. The second-order valence-corrected chi connectivity index (χ2v) is 6.04. The minimum Gasteiger partial charge on any atom is -0.486 e. The van der Waals surface area contributed by atoms with Gasteiger partial charge in [-0.1, -0.05) is 27.5 Å². The monoisotopic (exact) mass is 303 g/mol. The van der Waals surface area contributed by atoms with Gasteiger partial charge in [0.15, 0.2) is 0 Å². The quantitative estimate of drug-likeness (QED) is 0.849. The summed E-state index contributed by atoms with van der Waals surface area (Å²) < 4.78 is 6.93. The fourth-order valence-corrected chi connectivity index (χ4v) is 3.00. The van der Waals surface area contributed by atoms with E-state index in [9.17, 15) is 0 Å². The van der Waals surface area contributed by atoms with Gasteiger partial charge in [-0.05, 0) is 33.0 Å². The first-order chi connectivity index (χ1) is 7.43. The third-order valence-corrected chi connectivity index (χ3v) is 3.57. The molecule has 88 valence electrons. The van der Waals surface area contributed by atoms with Gasteiger partial charge in [-0.2, -0.15) is 0 Å². The summed E-state index contributed by atoms with van der Waals surface area (Å²) in [7, 11) is 1.96. The van der Waals surface area contributed by atoms with Crippen LogP contribution >= 0.6 is 27.5 Å². The van der Waals surface area contributed by atoms with Crippen molar-refractivity contribution in [1.29, 1.82) is 0 Å². The second-order valence-electron chi connectivity index (χ2n) is 4.71. The van der Waals surface area contributed by atoms with E-state index >= 15 is 0 Å². The molecule has 0 saturated heterocycles. The molecule has 2 nitrogen and oxygen atoms in total. The van der Waals surface area contributed by atoms with Gasteiger partial charge >= 0.3 is 0 Å². The minimum atomic E-state index is -0.182. The van der Waals surface area contributed by atoms with Crippen LogP contribution in [0.5, 0.6) is 5.75 Å². The topological polar surface area (TPSA) is 21.3 Å². The molecule has 0 fully saturated rings. The summed E-state index contributed by atoms with van der Waals surface area (Å²) in [6, 6.07) is 4.22. The van der Waals surface area contributed by atoms with Gasteiger partial charge < -0.3 is 10.1 Å². The van der Waals surface area contributed by atoms with Crippen LogP contribution in [0.25, 0.3) is 0 Å². The highest BCUT2D eigenvalue weighted by atomic mass is 79.9. The number of hydrogen-bond donors (Lipinski definition) is 1. The summed E-state index contributed by atoms with van der Waals surface area (Å²) in [5.74, 6) is 0.806. The molecule has 0 saturated carbocycles. The summed E-state index contributed by atoms with van der Waals surface area (Å²) >= 11 is 9.67. The maximum Gasteiger partial charge on any atom is 0.143 e. The minimum absolute atomic E-state index is 0.182. The van der Waals surface area contributed by atoms with Crippen LogP contribution in [-0.4, -0.2) is 12.6 Å². The fourth-order valence-electron chi connectivity index (χ4n) is 2.12. The SMILES string of the molecule is CNC1CC(C)(C)Oc2c(Cl)cc(Br)cc21. The van der Waals surface area contributed by atoms with Gasteiger partial charge in [0.1, 0.15) is 11.4 Å². The van der Waals surface area contributed by atoms with Gasteiger partial charge in [0.25, 0.3) is 0 Å². The van der Waals surface area contributed by atoms with Crippen molar-refractivity contribution in [2.24, 2.45) is 0 Å². The maximum absolute atomic E-state index is 6.21. The molecule has 0 spiro atoms. The second kappa shape index (κ2) is 4.21. The summed E-state index contributed by atoms with van der Waals surface area (Å²) in [5.41, 5.74) is 0.944. The van der Waals surface area contributed by atoms with E-state index in [4.69, 9.17) is 16.3 Å². The Balaban J connectivity index is 2.54. The molecule has 0 bridgehead atoms. The van der Waals surface area contributed by atoms with Gasteiger partial charge in [0.05, 0.1) is 5.02 Å². The van der Waals surface area contributed by atoms with Gasteiger partial charge in [-0.15, -0.1) is 0 Å². The molecule has 0 radical (unpaired) electrons. The van der Waals surface area contributed by atoms with Crippen molar-refractivity contribution in [3.05, 3.63) is 27.2 Å². The predicted octanol–water partition coefficient (Wildman–Crippen LogP) is 3.92. The van der Waals surface area contributed by atoms with Crippen molar-refractivity contribution in [1.82, 2.24) is 5.32 Å².